The van der Waals surface area contributed by atoms with E-state index in [9.17, 15) is 0 Å². The number of aromatic nitrogens is 2. The molecule has 1 fully saturated rings. The highest BCUT2D eigenvalue weighted by atomic mass is 15.3. The van der Waals surface area contributed by atoms with Gasteiger partial charge in [0.25, 0.3) is 0 Å². The van der Waals surface area contributed by atoms with Crippen LogP contribution in [0.3, 0.4) is 0 Å². The fourth-order valence-electron chi connectivity index (χ4n) is 3.72. The quantitative estimate of drug-likeness (QED) is 0.925. The first-order valence-electron chi connectivity index (χ1n) is 8.40. The van der Waals surface area contributed by atoms with Gasteiger partial charge in [-0.05, 0) is 62.0 Å². The lowest BCUT2D eigenvalue weighted by molar-refractivity contribution is 0.343. The van der Waals surface area contributed by atoms with Crippen LogP contribution in [-0.4, -0.2) is 36.5 Å². The van der Waals surface area contributed by atoms with E-state index in [1.807, 2.05) is 6.20 Å². The van der Waals surface area contributed by atoms with Crippen LogP contribution in [0.4, 0.5) is 5.69 Å². The Hall–Kier alpha value is -1.81. The summed E-state index contributed by atoms with van der Waals surface area (Å²) in [6, 6.07) is 7.42. The molecule has 0 saturated carbocycles. The molecule has 2 aliphatic rings. The lowest BCUT2D eigenvalue weighted by Gasteiger charge is -2.27. The standard InChI is InChI=1S/C18H24N4/c1-21-10-2-3-15-11-14(4-5-18(15)21)16-12-20-22(13-16)17-6-8-19-9-7-17/h4-5,11-13,17,19H,2-3,6-10H2,1H3. The van der Waals surface area contributed by atoms with Gasteiger partial charge in [0.05, 0.1) is 12.2 Å². The molecule has 0 amide bonds. The molecule has 1 aromatic heterocycles. The average Bonchev–Trinajstić information content (AvgIpc) is 3.06. The average molecular weight is 296 g/mol. The molecule has 0 radical (unpaired) electrons. The maximum atomic E-state index is 4.62. The molecule has 0 atom stereocenters. The van der Waals surface area contributed by atoms with Gasteiger partial charge in [-0.1, -0.05) is 6.07 Å². The van der Waals surface area contributed by atoms with E-state index in [2.05, 4.69) is 51.4 Å². The predicted molar refractivity (Wildman–Crippen MR) is 90.4 cm³/mol. The van der Waals surface area contributed by atoms with Gasteiger partial charge >= 0.3 is 0 Å². The number of fused-ring (bicyclic) bond motifs is 1. The van der Waals surface area contributed by atoms with Crippen molar-refractivity contribution >= 4 is 5.69 Å². The first kappa shape index (κ1) is 13.8. The molecule has 4 nitrogen and oxygen atoms in total. The highest BCUT2D eigenvalue weighted by Gasteiger charge is 2.17. The minimum atomic E-state index is 0.554. The zero-order valence-electron chi connectivity index (χ0n) is 13.3. The molecule has 2 aromatic rings. The van der Waals surface area contributed by atoms with Crippen LogP contribution in [0, 0.1) is 0 Å². The Morgan fingerprint density at radius 1 is 1.18 bits per heavy atom. The molecule has 1 N–H and O–H groups in total. The third kappa shape index (κ3) is 2.52. The first-order chi connectivity index (χ1) is 10.8. The van der Waals surface area contributed by atoms with Gasteiger partial charge < -0.3 is 10.2 Å². The summed E-state index contributed by atoms with van der Waals surface area (Å²) in [5, 5.41) is 8.04. The molecule has 0 spiro atoms. The lowest BCUT2D eigenvalue weighted by Crippen LogP contribution is -2.29. The molecule has 2 aliphatic heterocycles. The number of anilines is 1. The van der Waals surface area contributed by atoms with Crippen molar-refractivity contribution in [2.45, 2.75) is 31.7 Å². The Balaban J connectivity index is 1.61. The van der Waals surface area contributed by atoms with Crippen LogP contribution in [0.1, 0.15) is 30.9 Å². The minimum Gasteiger partial charge on any atom is -0.374 e. The largest absolute Gasteiger partial charge is 0.374 e. The normalized spacial score (nSPS) is 19.2. The second kappa shape index (κ2) is 5.76. The Labute approximate surface area is 132 Å². The van der Waals surface area contributed by atoms with Gasteiger partial charge in [0, 0.05) is 31.0 Å². The van der Waals surface area contributed by atoms with Crippen LogP contribution in [0.15, 0.2) is 30.6 Å². The van der Waals surface area contributed by atoms with Crippen LogP contribution >= 0.6 is 0 Å². The van der Waals surface area contributed by atoms with E-state index in [4.69, 9.17) is 0 Å². The van der Waals surface area contributed by atoms with Gasteiger partial charge in [0.15, 0.2) is 0 Å². The molecule has 4 rings (SSSR count). The fraction of sp³-hybridized carbons (Fsp3) is 0.500. The molecule has 4 heteroatoms. The second-order valence-electron chi connectivity index (χ2n) is 6.56. The van der Waals surface area contributed by atoms with Crippen LogP contribution in [0.2, 0.25) is 0 Å². The highest BCUT2D eigenvalue weighted by Crippen LogP contribution is 2.31. The van der Waals surface area contributed by atoms with Crippen LogP contribution in [0.5, 0.6) is 0 Å². The highest BCUT2D eigenvalue weighted by molar-refractivity contribution is 5.68. The minimum absolute atomic E-state index is 0.554. The number of aryl methyl sites for hydroxylation is 1. The topological polar surface area (TPSA) is 33.1 Å². The molecule has 1 aromatic carbocycles. The number of benzene rings is 1. The van der Waals surface area contributed by atoms with E-state index in [0.29, 0.717) is 6.04 Å². The van der Waals surface area contributed by atoms with Crippen LogP contribution in [0.25, 0.3) is 11.1 Å². The maximum Gasteiger partial charge on any atom is 0.0568 e. The van der Waals surface area contributed by atoms with Gasteiger partial charge in [0.1, 0.15) is 0 Å². The molecular formula is C18H24N4. The Morgan fingerprint density at radius 3 is 2.91 bits per heavy atom. The van der Waals surface area contributed by atoms with Crippen molar-refractivity contribution < 1.29 is 0 Å². The number of hydrogen-bond acceptors (Lipinski definition) is 3. The molecule has 3 heterocycles. The molecule has 116 valence electrons. The Morgan fingerprint density at radius 2 is 2.05 bits per heavy atom. The summed E-state index contributed by atoms with van der Waals surface area (Å²) < 4.78 is 2.17. The van der Waals surface area contributed by atoms with E-state index in [1.54, 1.807) is 0 Å². The fourth-order valence-corrected chi connectivity index (χ4v) is 3.72. The summed E-state index contributed by atoms with van der Waals surface area (Å²) >= 11 is 0. The number of piperidine rings is 1. The monoisotopic (exact) mass is 296 g/mol. The van der Waals surface area contributed by atoms with Crippen molar-refractivity contribution in [2.75, 3.05) is 31.6 Å². The smallest absolute Gasteiger partial charge is 0.0568 e. The van der Waals surface area contributed by atoms with Crippen molar-refractivity contribution in [1.82, 2.24) is 15.1 Å². The molecule has 1 saturated heterocycles. The van der Waals surface area contributed by atoms with Crippen molar-refractivity contribution in [3.05, 3.63) is 36.2 Å². The SMILES string of the molecule is CN1CCCc2cc(-c3cnn(C4CCNCC4)c3)ccc21. The number of nitrogens with one attached hydrogen (secondary N) is 1. The van der Waals surface area contributed by atoms with Gasteiger partial charge in [-0.2, -0.15) is 5.10 Å². The van der Waals surface area contributed by atoms with Crippen molar-refractivity contribution in [3.63, 3.8) is 0 Å². The van der Waals surface area contributed by atoms with Crippen molar-refractivity contribution in [1.29, 1.82) is 0 Å². The number of hydrogen-bond donors (Lipinski definition) is 1. The maximum absolute atomic E-state index is 4.62. The summed E-state index contributed by atoms with van der Waals surface area (Å²) in [5.74, 6) is 0. The van der Waals surface area contributed by atoms with Crippen molar-refractivity contribution in [3.8, 4) is 11.1 Å². The summed E-state index contributed by atoms with van der Waals surface area (Å²) in [6.07, 6.45) is 9.05. The zero-order chi connectivity index (χ0) is 14.9. The van der Waals surface area contributed by atoms with E-state index in [1.165, 1.54) is 54.6 Å². The van der Waals surface area contributed by atoms with Gasteiger partial charge in [-0.25, -0.2) is 0 Å². The number of rotatable bonds is 2. The number of nitrogens with zero attached hydrogens (tertiary/aromatic N) is 3. The molecule has 0 aliphatic carbocycles. The second-order valence-corrected chi connectivity index (χ2v) is 6.56. The van der Waals surface area contributed by atoms with Crippen molar-refractivity contribution in [2.24, 2.45) is 0 Å². The predicted octanol–water partition coefficient (Wildman–Crippen LogP) is 2.86. The van der Waals surface area contributed by atoms with E-state index < -0.39 is 0 Å². The summed E-state index contributed by atoms with van der Waals surface area (Å²) in [6.45, 7) is 3.37. The zero-order valence-corrected chi connectivity index (χ0v) is 13.3. The van der Waals surface area contributed by atoms with E-state index >= 15 is 0 Å². The van der Waals surface area contributed by atoms with E-state index in [0.717, 1.165) is 13.1 Å². The van der Waals surface area contributed by atoms with Crippen LogP contribution in [-0.2, 0) is 6.42 Å². The van der Waals surface area contributed by atoms with Gasteiger partial charge in [0.2, 0.25) is 0 Å². The van der Waals surface area contributed by atoms with Gasteiger partial charge in [-0.3, -0.25) is 4.68 Å². The molecule has 0 unspecified atom stereocenters. The van der Waals surface area contributed by atoms with Crippen LogP contribution < -0.4 is 10.2 Å². The third-order valence-corrected chi connectivity index (χ3v) is 5.05. The molecule has 0 bridgehead atoms. The summed E-state index contributed by atoms with van der Waals surface area (Å²) in [7, 11) is 2.19. The Bertz CT molecular complexity index is 655. The summed E-state index contributed by atoms with van der Waals surface area (Å²) in [5.41, 5.74) is 5.41. The van der Waals surface area contributed by atoms with E-state index in [-0.39, 0.29) is 0 Å². The first-order valence-corrected chi connectivity index (χ1v) is 8.40. The summed E-state index contributed by atoms with van der Waals surface area (Å²) in [4.78, 5) is 2.36. The third-order valence-electron chi connectivity index (χ3n) is 5.05. The molecule has 22 heavy (non-hydrogen) atoms. The molecular weight excluding hydrogens is 272 g/mol. The Kier molecular flexibility index (Phi) is 3.62. The lowest BCUT2D eigenvalue weighted by atomic mass is 9.98. The van der Waals surface area contributed by atoms with Gasteiger partial charge in [-0.15, -0.1) is 0 Å².